The number of halogens is 1. The van der Waals surface area contributed by atoms with E-state index in [9.17, 15) is 14.9 Å². The van der Waals surface area contributed by atoms with Crippen LogP contribution in [0.4, 0.5) is 11.4 Å². The summed E-state index contributed by atoms with van der Waals surface area (Å²) in [6.07, 6.45) is 1.47. The average molecular weight is 416 g/mol. The van der Waals surface area contributed by atoms with Crippen LogP contribution in [0.15, 0.2) is 78.4 Å². The summed E-state index contributed by atoms with van der Waals surface area (Å²) >= 11 is 6.07. The number of amides is 2. The van der Waals surface area contributed by atoms with Crippen LogP contribution in [0.1, 0.15) is 21.5 Å². The third-order valence-electron chi connectivity index (χ3n) is 4.33. The monoisotopic (exact) mass is 415 g/mol. The quantitative estimate of drug-likeness (QED) is 0.429. The van der Waals surface area contributed by atoms with Crippen LogP contribution in [0, 0.1) is 18.3 Å². The van der Waals surface area contributed by atoms with Crippen molar-refractivity contribution in [2.45, 2.75) is 6.92 Å². The average Bonchev–Trinajstić information content (AvgIpc) is 2.74. The van der Waals surface area contributed by atoms with Gasteiger partial charge in [-0.25, -0.2) is 0 Å². The molecule has 0 aliphatic heterocycles. The number of nitriles is 1. The van der Waals surface area contributed by atoms with Crippen molar-refractivity contribution in [3.05, 3.63) is 100 Å². The fraction of sp³-hybridized carbons (Fsp3) is 0.0417. The Morgan fingerprint density at radius 3 is 2.43 bits per heavy atom. The first-order valence-corrected chi connectivity index (χ1v) is 9.50. The highest BCUT2D eigenvalue weighted by Gasteiger charge is 2.12. The van der Waals surface area contributed by atoms with Crippen molar-refractivity contribution in [2.24, 2.45) is 0 Å². The minimum absolute atomic E-state index is 0.0483. The van der Waals surface area contributed by atoms with E-state index in [1.54, 1.807) is 54.6 Å². The minimum atomic E-state index is -0.502. The van der Waals surface area contributed by atoms with Gasteiger partial charge in [-0.3, -0.25) is 9.59 Å². The fourth-order valence-electron chi connectivity index (χ4n) is 2.77. The number of nitrogens with zero attached hydrogens (tertiary/aromatic N) is 1. The molecular weight excluding hydrogens is 398 g/mol. The second-order valence-corrected chi connectivity index (χ2v) is 6.91. The summed E-state index contributed by atoms with van der Waals surface area (Å²) in [7, 11) is 0. The largest absolute Gasteiger partial charge is 0.322 e. The molecule has 2 N–H and O–H groups in total. The molecule has 2 amide bonds. The van der Waals surface area contributed by atoms with E-state index in [-0.39, 0.29) is 11.5 Å². The smallest absolute Gasteiger partial charge is 0.266 e. The Hall–Kier alpha value is -3.88. The predicted octanol–water partition coefficient (Wildman–Crippen LogP) is 5.45. The zero-order chi connectivity index (χ0) is 21.5. The van der Waals surface area contributed by atoms with Crippen molar-refractivity contribution in [2.75, 3.05) is 10.6 Å². The number of anilines is 2. The number of hydrogen-bond donors (Lipinski definition) is 2. The maximum absolute atomic E-state index is 12.5. The summed E-state index contributed by atoms with van der Waals surface area (Å²) in [6, 6.07) is 22.8. The van der Waals surface area contributed by atoms with Crippen LogP contribution in [0.2, 0.25) is 5.02 Å². The molecule has 148 valence electrons. The molecule has 30 heavy (non-hydrogen) atoms. The SMILES string of the molecule is Cc1ccccc1NC(=O)/C(C#N)=C/c1cccc(NC(=O)c2ccccc2Cl)c1. The zero-order valence-corrected chi connectivity index (χ0v) is 16.9. The van der Waals surface area contributed by atoms with E-state index >= 15 is 0 Å². The molecule has 3 rings (SSSR count). The molecule has 0 aliphatic carbocycles. The third kappa shape index (κ3) is 5.13. The van der Waals surface area contributed by atoms with Gasteiger partial charge in [-0.05, 0) is 54.5 Å². The molecule has 0 atom stereocenters. The van der Waals surface area contributed by atoms with Gasteiger partial charge in [0.15, 0.2) is 0 Å². The van der Waals surface area contributed by atoms with Crippen LogP contribution in [0.25, 0.3) is 6.08 Å². The summed E-state index contributed by atoms with van der Waals surface area (Å²) in [4.78, 5) is 24.9. The van der Waals surface area contributed by atoms with Crippen molar-refractivity contribution < 1.29 is 9.59 Å². The lowest BCUT2D eigenvalue weighted by atomic mass is 10.1. The normalized spacial score (nSPS) is 10.8. The molecule has 3 aromatic carbocycles. The number of aryl methyl sites for hydroxylation is 1. The van der Waals surface area contributed by atoms with Crippen LogP contribution >= 0.6 is 11.6 Å². The van der Waals surface area contributed by atoms with Gasteiger partial charge in [-0.15, -0.1) is 0 Å². The van der Waals surface area contributed by atoms with E-state index in [0.29, 0.717) is 27.5 Å². The van der Waals surface area contributed by atoms with Gasteiger partial charge in [0.1, 0.15) is 11.6 Å². The van der Waals surface area contributed by atoms with Gasteiger partial charge in [0, 0.05) is 11.4 Å². The number of carbonyl (C=O) groups excluding carboxylic acids is 2. The number of nitrogens with one attached hydrogen (secondary N) is 2. The van der Waals surface area contributed by atoms with Gasteiger partial charge >= 0.3 is 0 Å². The van der Waals surface area contributed by atoms with Gasteiger partial charge in [0.25, 0.3) is 11.8 Å². The first-order chi connectivity index (χ1) is 14.5. The first-order valence-electron chi connectivity index (χ1n) is 9.12. The van der Waals surface area contributed by atoms with Gasteiger partial charge < -0.3 is 10.6 Å². The van der Waals surface area contributed by atoms with Crippen LogP contribution in [-0.4, -0.2) is 11.8 Å². The first kappa shape index (κ1) is 20.8. The second kappa shape index (κ2) is 9.55. The van der Waals surface area contributed by atoms with E-state index in [0.717, 1.165) is 5.56 Å². The Labute approximate surface area is 179 Å². The van der Waals surface area contributed by atoms with Crippen molar-refractivity contribution in [3.63, 3.8) is 0 Å². The molecule has 3 aromatic rings. The highest BCUT2D eigenvalue weighted by Crippen LogP contribution is 2.20. The highest BCUT2D eigenvalue weighted by molar-refractivity contribution is 6.34. The summed E-state index contributed by atoms with van der Waals surface area (Å²) in [5.74, 6) is -0.850. The molecule has 0 saturated carbocycles. The Bertz CT molecular complexity index is 1180. The Morgan fingerprint density at radius 1 is 0.967 bits per heavy atom. The molecule has 0 saturated heterocycles. The van der Waals surface area contributed by atoms with Crippen LogP contribution in [0.5, 0.6) is 0 Å². The van der Waals surface area contributed by atoms with Crippen LogP contribution in [-0.2, 0) is 4.79 Å². The molecule has 0 unspecified atom stereocenters. The number of rotatable bonds is 5. The molecule has 0 aliphatic rings. The van der Waals surface area contributed by atoms with Crippen molar-refractivity contribution in [1.82, 2.24) is 0 Å². The lowest BCUT2D eigenvalue weighted by molar-refractivity contribution is -0.112. The number of carbonyl (C=O) groups is 2. The number of benzene rings is 3. The van der Waals surface area contributed by atoms with Gasteiger partial charge in [0.2, 0.25) is 0 Å². The molecule has 0 radical (unpaired) electrons. The lowest BCUT2D eigenvalue weighted by Gasteiger charge is -2.08. The molecule has 6 heteroatoms. The van der Waals surface area contributed by atoms with Gasteiger partial charge in [-0.1, -0.05) is 54.1 Å². The van der Waals surface area contributed by atoms with Crippen LogP contribution in [0.3, 0.4) is 0 Å². The molecule has 0 spiro atoms. The summed E-state index contributed by atoms with van der Waals surface area (Å²) in [5.41, 5.74) is 2.97. The zero-order valence-electron chi connectivity index (χ0n) is 16.1. The second-order valence-electron chi connectivity index (χ2n) is 6.50. The minimum Gasteiger partial charge on any atom is -0.322 e. The standard InChI is InChI=1S/C24H18ClN3O2/c1-16-7-2-5-12-22(16)28-23(29)18(15-26)13-17-8-6-9-19(14-17)27-24(30)20-10-3-4-11-21(20)25/h2-14H,1H3,(H,27,30)(H,28,29)/b18-13+. The molecule has 0 fully saturated rings. The van der Waals surface area contributed by atoms with Crippen molar-refractivity contribution >= 4 is 40.9 Å². The van der Waals surface area contributed by atoms with E-state index in [4.69, 9.17) is 11.6 Å². The highest BCUT2D eigenvalue weighted by atomic mass is 35.5. The van der Waals surface area contributed by atoms with E-state index in [2.05, 4.69) is 10.6 Å². The summed E-state index contributed by atoms with van der Waals surface area (Å²) in [5, 5.41) is 15.3. The summed E-state index contributed by atoms with van der Waals surface area (Å²) in [6.45, 7) is 1.87. The van der Waals surface area contributed by atoms with Crippen LogP contribution < -0.4 is 10.6 Å². The molecular formula is C24H18ClN3O2. The van der Waals surface area contributed by atoms with E-state index in [1.165, 1.54) is 6.08 Å². The molecule has 0 bridgehead atoms. The fourth-order valence-corrected chi connectivity index (χ4v) is 2.99. The van der Waals surface area contributed by atoms with Crippen molar-refractivity contribution in [3.8, 4) is 6.07 Å². The maximum Gasteiger partial charge on any atom is 0.266 e. The Balaban J connectivity index is 1.78. The predicted molar refractivity (Wildman–Crippen MR) is 119 cm³/mol. The number of hydrogen-bond acceptors (Lipinski definition) is 3. The van der Waals surface area contributed by atoms with E-state index in [1.807, 2.05) is 31.2 Å². The van der Waals surface area contributed by atoms with E-state index < -0.39 is 5.91 Å². The Morgan fingerprint density at radius 2 is 1.70 bits per heavy atom. The van der Waals surface area contributed by atoms with Crippen molar-refractivity contribution in [1.29, 1.82) is 5.26 Å². The molecule has 5 nitrogen and oxygen atoms in total. The maximum atomic E-state index is 12.5. The van der Waals surface area contributed by atoms with Gasteiger partial charge in [-0.2, -0.15) is 5.26 Å². The third-order valence-corrected chi connectivity index (χ3v) is 4.66. The molecule has 0 heterocycles. The summed E-state index contributed by atoms with van der Waals surface area (Å²) < 4.78 is 0. The number of para-hydroxylation sites is 1. The molecule has 0 aromatic heterocycles. The topological polar surface area (TPSA) is 82.0 Å². The van der Waals surface area contributed by atoms with Gasteiger partial charge in [0.05, 0.1) is 10.6 Å². The Kier molecular flexibility index (Phi) is 6.63. The lowest BCUT2D eigenvalue weighted by Crippen LogP contribution is -2.14.